The second-order valence-electron chi connectivity index (χ2n) is 4.60. The summed E-state index contributed by atoms with van der Waals surface area (Å²) in [7, 11) is 0. The van der Waals surface area contributed by atoms with Gasteiger partial charge in [0.1, 0.15) is 5.60 Å². The SMILES string of the molecule is CCC(C(=O)O)C(=O)OC(C)(C)c1ccccc1. The number of carboxylic acid groups (broad SMARTS) is 1. The lowest BCUT2D eigenvalue weighted by Crippen LogP contribution is -2.32. The molecule has 0 saturated heterocycles. The first-order chi connectivity index (χ1) is 8.38. The molecule has 4 heteroatoms. The summed E-state index contributed by atoms with van der Waals surface area (Å²) in [5.74, 6) is -2.95. The average molecular weight is 250 g/mol. The van der Waals surface area contributed by atoms with Crippen molar-refractivity contribution < 1.29 is 19.4 Å². The fourth-order valence-electron chi connectivity index (χ4n) is 1.66. The second-order valence-corrected chi connectivity index (χ2v) is 4.60. The normalized spacial score (nSPS) is 12.8. The van der Waals surface area contributed by atoms with Crippen LogP contribution in [-0.4, -0.2) is 17.0 Å². The smallest absolute Gasteiger partial charge is 0.321 e. The molecular weight excluding hydrogens is 232 g/mol. The second kappa shape index (κ2) is 5.67. The van der Waals surface area contributed by atoms with Crippen molar-refractivity contribution in [2.75, 3.05) is 0 Å². The third kappa shape index (κ3) is 3.32. The number of hydrogen-bond acceptors (Lipinski definition) is 3. The van der Waals surface area contributed by atoms with Gasteiger partial charge in [0.15, 0.2) is 5.92 Å². The van der Waals surface area contributed by atoms with E-state index in [0.29, 0.717) is 0 Å². The molecule has 1 aromatic carbocycles. The van der Waals surface area contributed by atoms with E-state index in [9.17, 15) is 9.59 Å². The molecule has 98 valence electrons. The molecule has 1 rings (SSSR count). The molecule has 0 spiro atoms. The summed E-state index contributed by atoms with van der Waals surface area (Å²) in [6, 6.07) is 9.25. The Morgan fingerprint density at radius 3 is 2.28 bits per heavy atom. The highest BCUT2D eigenvalue weighted by atomic mass is 16.6. The zero-order chi connectivity index (χ0) is 13.8. The molecule has 0 aliphatic rings. The average Bonchev–Trinajstić information content (AvgIpc) is 2.29. The monoisotopic (exact) mass is 250 g/mol. The maximum atomic E-state index is 11.8. The first kappa shape index (κ1) is 14.2. The van der Waals surface area contributed by atoms with E-state index in [-0.39, 0.29) is 6.42 Å². The molecule has 0 aliphatic heterocycles. The van der Waals surface area contributed by atoms with Crippen LogP contribution in [-0.2, 0) is 19.9 Å². The summed E-state index contributed by atoms with van der Waals surface area (Å²) in [4.78, 5) is 22.7. The van der Waals surface area contributed by atoms with Gasteiger partial charge in [-0.1, -0.05) is 37.3 Å². The van der Waals surface area contributed by atoms with Gasteiger partial charge in [-0.25, -0.2) is 0 Å². The van der Waals surface area contributed by atoms with E-state index in [1.807, 2.05) is 30.3 Å². The van der Waals surface area contributed by atoms with E-state index in [4.69, 9.17) is 9.84 Å². The lowest BCUT2D eigenvalue weighted by atomic mass is 9.97. The molecule has 0 amide bonds. The fourth-order valence-corrected chi connectivity index (χ4v) is 1.66. The summed E-state index contributed by atoms with van der Waals surface area (Å²) in [6.45, 7) is 5.14. The third-order valence-corrected chi connectivity index (χ3v) is 2.82. The molecule has 0 aromatic heterocycles. The Kier molecular flexibility index (Phi) is 4.48. The molecular formula is C14H18O4. The van der Waals surface area contributed by atoms with Crippen molar-refractivity contribution in [3.05, 3.63) is 35.9 Å². The van der Waals surface area contributed by atoms with Crippen molar-refractivity contribution in [1.82, 2.24) is 0 Å². The highest BCUT2D eigenvalue weighted by Gasteiger charge is 2.32. The Bertz CT molecular complexity index is 423. The van der Waals surface area contributed by atoms with Crippen molar-refractivity contribution in [3.63, 3.8) is 0 Å². The molecule has 0 saturated carbocycles. The van der Waals surface area contributed by atoms with Crippen LogP contribution in [0.2, 0.25) is 0 Å². The molecule has 4 nitrogen and oxygen atoms in total. The van der Waals surface area contributed by atoms with Crippen LogP contribution in [0.15, 0.2) is 30.3 Å². The lowest BCUT2D eigenvalue weighted by molar-refractivity contribution is -0.169. The van der Waals surface area contributed by atoms with Gasteiger partial charge in [0, 0.05) is 0 Å². The van der Waals surface area contributed by atoms with Gasteiger partial charge >= 0.3 is 11.9 Å². The van der Waals surface area contributed by atoms with Crippen molar-refractivity contribution in [1.29, 1.82) is 0 Å². The first-order valence-electron chi connectivity index (χ1n) is 5.89. The van der Waals surface area contributed by atoms with Crippen LogP contribution in [0.25, 0.3) is 0 Å². The molecule has 0 heterocycles. The van der Waals surface area contributed by atoms with Crippen molar-refractivity contribution in [2.24, 2.45) is 5.92 Å². The summed E-state index contributed by atoms with van der Waals surface area (Å²) < 4.78 is 5.32. The molecule has 1 atom stereocenters. The number of aliphatic carboxylic acids is 1. The van der Waals surface area contributed by atoms with Crippen LogP contribution in [0.4, 0.5) is 0 Å². The maximum Gasteiger partial charge on any atom is 0.321 e. The number of carbonyl (C=O) groups is 2. The minimum Gasteiger partial charge on any atom is -0.481 e. The van der Waals surface area contributed by atoms with Gasteiger partial charge < -0.3 is 9.84 Å². The number of carbonyl (C=O) groups excluding carboxylic acids is 1. The van der Waals surface area contributed by atoms with Crippen LogP contribution in [0.3, 0.4) is 0 Å². The minimum absolute atomic E-state index is 0.221. The topological polar surface area (TPSA) is 63.6 Å². The Hall–Kier alpha value is -1.84. The standard InChI is InChI=1S/C14H18O4/c1-4-11(12(15)16)13(17)18-14(2,3)10-8-6-5-7-9-10/h5-9,11H,4H2,1-3H3,(H,15,16). The molecule has 18 heavy (non-hydrogen) atoms. The van der Waals surface area contributed by atoms with Crippen LogP contribution in [0.1, 0.15) is 32.8 Å². The van der Waals surface area contributed by atoms with E-state index in [1.165, 1.54) is 0 Å². The molecule has 0 radical (unpaired) electrons. The van der Waals surface area contributed by atoms with Gasteiger partial charge in [0.25, 0.3) is 0 Å². The number of esters is 1. The first-order valence-corrected chi connectivity index (χ1v) is 5.89. The largest absolute Gasteiger partial charge is 0.481 e. The van der Waals surface area contributed by atoms with Gasteiger partial charge in [0.05, 0.1) is 0 Å². The van der Waals surface area contributed by atoms with E-state index < -0.39 is 23.5 Å². The maximum absolute atomic E-state index is 11.8. The molecule has 0 bridgehead atoms. The third-order valence-electron chi connectivity index (χ3n) is 2.82. The summed E-state index contributed by atoms with van der Waals surface area (Å²) in [5.41, 5.74) is -0.000100. The minimum atomic E-state index is -1.15. The van der Waals surface area contributed by atoms with Crippen molar-refractivity contribution in [2.45, 2.75) is 32.8 Å². The van der Waals surface area contributed by atoms with Crippen LogP contribution < -0.4 is 0 Å². The van der Waals surface area contributed by atoms with Gasteiger partial charge in [-0.2, -0.15) is 0 Å². The van der Waals surface area contributed by atoms with Crippen LogP contribution in [0, 0.1) is 5.92 Å². The number of hydrogen-bond donors (Lipinski definition) is 1. The molecule has 1 N–H and O–H groups in total. The highest BCUT2D eigenvalue weighted by Crippen LogP contribution is 2.26. The van der Waals surface area contributed by atoms with E-state index in [0.717, 1.165) is 5.56 Å². The molecule has 0 fully saturated rings. The Morgan fingerprint density at radius 1 is 1.28 bits per heavy atom. The Labute approximate surface area is 107 Å². The Morgan fingerprint density at radius 2 is 1.83 bits per heavy atom. The summed E-state index contributed by atoms with van der Waals surface area (Å²) in [6.07, 6.45) is 0.221. The zero-order valence-corrected chi connectivity index (χ0v) is 10.8. The zero-order valence-electron chi connectivity index (χ0n) is 10.8. The number of ether oxygens (including phenoxy) is 1. The Balaban J connectivity index is 2.83. The van der Waals surface area contributed by atoms with Crippen molar-refractivity contribution in [3.8, 4) is 0 Å². The quantitative estimate of drug-likeness (QED) is 0.644. The van der Waals surface area contributed by atoms with Crippen LogP contribution in [0.5, 0.6) is 0 Å². The van der Waals surface area contributed by atoms with E-state index in [1.54, 1.807) is 20.8 Å². The highest BCUT2D eigenvalue weighted by molar-refractivity contribution is 5.94. The number of carboxylic acids is 1. The van der Waals surface area contributed by atoms with Gasteiger partial charge in [-0.15, -0.1) is 0 Å². The lowest BCUT2D eigenvalue weighted by Gasteiger charge is -2.27. The van der Waals surface area contributed by atoms with Crippen molar-refractivity contribution >= 4 is 11.9 Å². The van der Waals surface area contributed by atoms with E-state index >= 15 is 0 Å². The summed E-state index contributed by atoms with van der Waals surface area (Å²) >= 11 is 0. The number of benzene rings is 1. The predicted molar refractivity (Wildman–Crippen MR) is 67.0 cm³/mol. The predicted octanol–water partition coefficient (Wildman–Crippen LogP) is 2.58. The van der Waals surface area contributed by atoms with Gasteiger partial charge in [-0.05, 0) is 25.8 Å². The fraction of sp³-hybridized carbons (Fsp3) is 0.429. The number of rotatable bonds is 5. The van der Waals surface area contributed by atoms with Crippen LogP contribution >= 0.6 is 0 Å². The molecule has 0 aliphatic carbocycles. The van der Waals surface area contributed by atoms with E-state index in [2.05, 4.69) is 0 Å². The van der Waals surface area contributed by atoms with Gasteiger partial charge in [0.2, 0.25) is 0 Å². The molecule has 1 aromatic rings. The molecule has 1 unspecified atom stereocenters. The summed E-state index contributed by atoms with van der Waals surface area (Å²) in [5, 5.41) is 8.91. The van der Waals surface area contributed by atoms with Gasteiger partial charge in [-0.3, -0.25) is 9.59 Å².